The summed E-state index contributed by atoms with van der Waals surface area (Å²) < 4.78 is 83.2. The predicted octanol–water partition coefficient (Wildman–Crippen LogP) is 11.7. The molecule has 10 atom stereocenters. The van der Waals surface area contributed by atoms with E-state index in [0.29, 0.717) is 51.4 Å². The fraction of sp³-hybridized carbons (Fsp3) is 0.882. The third-order valence-corrected chi connectivity index (χ3v) is 21.6. The smallest absolute Gasteiger partial charge is 1.00 e. The third-order valence-electron chi connectivity index (χ3n) is 19.6. The normalized spacial score (nSPS) is 16.7. The summed E-state index contributed by atoms with van der Waals surface area (Å²) in [4.78, 5) is 103. The van der Waals surface area contributed by atoms with Gasteiger partial charge in [-0.1, -0.05) is 246 Å². The van der Waals surface area contributed by atoms with Crippen LogP contribution in [-0.4, -0.2) is 176 Å². The van der Waals surface area contributed by atoms with Crippen molar-refractivity contribution in [3.8, 4) is 0 Å². The zero-order chi connectivity index (χ0) is 83.3. The molecule has 1 rings (SSSR count). The van der Waals surface area contributed by atoms with Crippen molar-refractivity contribution in [1.82, 2.24) is 21.3 Å². The van der Waals surface area contributed by atoms with E-state index >= 15 is 0 Å². The largest absolute Gasteiger partial charge is 1.00 e. The first-order valence-electron chi connectivity index (χ1n) is 44.4. The average molecular weight is 1700 g/mol. The van der Waals surface area contributed by atoms with E-state index in [2.05, 4.69) is 87.1 Å². The van der Waals surface area contributed by atoms with Gasteiger partial charge in [-0.25, -0.2) is 9.13 Å². The summed E-state index contributed by atoms with van der Waals surface area (Å²) in [6.45, 7) is 12.9. The Balaban J connectivity index is -0.0000160. The Hall–Kier alpha value is -1.72. The summed E-state index contributed by atoms with van der Waals surface area (Å²) in [6.07, 6.45) is 45.0. The Morgan fingerprint density at radius 3 is 1.03 bits per heavy atom. The van der Waals surface area contributed by atoms with Gasteiger partial charge in [-0.05, 0) is 117 Å². The summed E-state index contributed by atoms with van der Waals surface area (Å²) in [7, 11) is -9.75. The molecular formula is C85H162N4Na2O22P2. The monoisotopic (exact) mass is 1700 g/mol. The molecule has 1 saturated heterocycles. The van der Waals surface area contributed by atoms with Crippen molar-refractivity contribution in [1.29, 1.82) is 0 Å². The number of unbranched alkanes of at least 4 members (excludes halogenated alkanes) is 30. The van der Waals surface area contributed by atoms with Crippen molar-refractivity contribution >= 4 is 51.2 Å². The van der Waals surface area contributed by atoms with Gasteiger partial charge in [0.15, 0.2) is 18.0 Å². The van der Waals surface area contributed by atoms with Crippen molar-refractivity contribution in [2.75, 3.05) is 65.9 Å². The predicted molar refractivity (Wildman–Crippen MR) is 447 cm³/mol. The van der Waals surface area contributed by atoms with Gasteiger partial charge in [0.1, 0.15) is 12.2 Å². The van der Waals surface area contributed by atoms with Crippen LogP contribution in [0, 0.1) is 0 Å². The molecule has 1 heterocycles. The molecule has 1 aliphatic heterocycles. The van der Waals surface area contributed by atoms with Crippen LogP contribution in [0.15, 0.2) is 24.3 Å². The molecule has 0 aromatic heterocycles. The summed E-state index contributed by atoms with van der Waals surface area (Å²) in [6, 6.07) is -1.97. The minimum absolute atomic E-state index is 0. The van der Waals surface area contributed by atoms with Gasteiger partial charge in [0.05, 0.1) is 76.8 Å². The number of hydrogen-bond donors (Lipinski definition) is 8. The second-order valence-electron chi connectivity index (χ2n) is 31.1. The standard InChI is InChI=1S/C85H160N4O22P2.2Na.2H/c1-9-15-21-27-30-33-36-42-48-54-76(109-80(95)56-50-44-38-35-32-29-23-17-11-3)66-78(93)89-72(68-103-62-58-74(91)52-46-40-25-19-13-5)70-107-113(100,101)105-64-60-87-84(97)82-81(110-85(7,8)111-82)83(96)86-59-63-104-112(98,99)106-69-71(67-102-61-57-73(90)51-45-39-24-18-12-4)88-77(92)65-75(53-47-41-26-20-14-6)108-79(94)55-49-43-37-34-31-28-22-16-10-2;;;;/h34-35,37-38,71-76,81-82,90-91H,9-33,36,39-70H2,1-8H3,(H,86,96)(H,87,97)(H,88,92)(H,89,93)(H,98,99)(H,100,101);;;;/q;2*+1;2*-1/b37-34+,38-35+;;;;/t71?,72?,73-,74-,75-,76+,81?,82?;;;;/m1..../s1. The van der Waals surface area contributed by atoms with Crippen LogP contribution in [0.1, 0.15) is 366 Å². The Labute approximate surface area is 741 Å². The van der Waals surface area contributed by atoms with E-state index in [4.69, 9.17) is 46.5 Å². The summed E-state index contributed by atoms with van der Waals surface area (Å²) >= 11 is 0. The Morgan fingerprint density at radius 2 is 0.696 bits per heavy atom. The van der Waals surface area contributed by atoms with Gasteiger partial charge in [0.25, 0.3) is 11.8 Å². The van der Waals surface area contributed by atoms with E-state index in [1.165, 1.54) is 78.1 Å². The minimum Gasteiger partial charge on any atom is -1.00 e. The molecule has 1 fully saturated rings. The number of phosphoric acid groups is 2. The molecule has 0 aromatic carbocycles. The molecule has 0 radical (unpaired) electrons. The fourth-order valence-corrected chi connectivity index (χ4v) is 14.5. The average Bonchev–Trinajstić information content (AvgIpc) is 1.66. The topological polar surface area (TPSA) is 358 Å². The van der Waals surface area contributed by atoms with Crippen LogP contribution in [0.4, 0.5) is 0 Å². The molecule has 26 nitrogen and oxygen atoms in total. The van der Waals surface area contributed by atoms with E-state index < -0.39 is 126 Å². The molecule has 8 N–H and O–H groups in total. The number of nitrogens with one attached hydrogen (secondary N) is 4. The van der Waals surface area contributed by atoms with Crippen molar-refractivity contribution in [2.45, 2.75) is 418 Å². The molecule has 115 heavy (non-hydrogen) atoms. The van der Waals surface area contributed by atoms with Gasteiger partial charge in [-0.15, -0.1) is 0 Å². The van der Waals surface area contributed by atoms with Crippen LogP contribution >= 0.6 is 15.6 Å². The van der Waals surface area contributed by atoms with Gasteiger partial charge in [-0.2, -0.15) is 0 Å². The number of allylic oxidation sites excluding steroid dienone is 4. The number of amides is 4. The Morgan fingerprint density at radius 1 is 0.400 bits per heavy atom. The van der Waals surface area contributed by atoms with E-state index in [1.54, 1.807) is 0 Å². The van der Waals surface area contributed by atoms with E-state index in [9.17, 15) is 57.9 Å². The van der Waals surface area contributed by atoms with Crippen molar-refractivity contribution in [2.24, 2.45) is 0 Å². The molecule has 4 amide bonds. The molecule has 0 aliphatic carbocycles. The van der Waals surface area contributed by atoms with Crippen LogP contribution < -0.4 is 80.4 Å². The van der Waals surface area contributed by atoms with Crippen LogP contribution in [0.25, 0.3) is 0 Å². The zero-order valence-corrected chi connectivity index (χ0v) is 79.3. The van der Waals surface area contributed by atoms with E-state index in [1.807, 2.05) is 0 Å². The number of rotatable bonds is 80. The summed E-state index contributed by atoms with van der Waals surface area (Å²) in [5.41, 5.74) is 0. The third kappa shape index (κ3) is 69.4. The molecule has 1 aliphatic rings. The first kappa shape index (κ1) is 115. The number of phosphoric ester groups is 2. The van der Waals surface area contributed by atoms with Crippen LogP contribution in [0.3, 0.4) is 0 Å². The quantitative estimate of drug-likeness (QED) is 0.00922. The van der Waals surface area contributed by atoms with Gasteiger partial charge in [0.2, 0.25) is 11.8 Å². The van der Waals surface area contributed by atoms with Crippen molar-refractivity contribution in [3.63, 3.8) is 0 Å². The first-order valence-corrected chi connectivity index (χ1v) is 47.3. The number of esters is 2. The molecule has 30 heteroatoms. The van der Waals surface area contributed by atoms with Gasteiger partial charge >= 0.3 is 86.7 Å². The van der Waals surface area contributed by atoms with Gasteiger partial charge in [0, 0.05) is 39.1 Å². The molecule has 0 saturated carbocycles. The summed E-state index contributed by atoms with van der Waals surface area (Å²) in [5, 5.41) is 32.0. The minimum atomic E-state index is -4.88. The molecule has 0 aromatic rings. The SMILES string of the molecule is CCCCCC/C=C/CCCC(=O)O[C@H](CCCCCCC)CC(=O)NC(COCC[C@H](O)CCCCCCC)COP(=O)(O)OCCNC(=O)C1OC(C)(C)OC1C(=O)NCCOP(=O)(O)OCC(COCC[C@H](O)CCCCCCC)NC(=O)C[C@H](CCCCCCCCCCC)OC(=O)CCC/C=C/CCCCCC.[H-].[H-].[Na+].[Na+]. The van der Waals surface area contributed by atoms with E-state index in [-0.39, 0.29) is 133 Å². The zero-order valence-electron chi connectivity index (χ0n) is 75.5. The molecule has 0 spiro atoms. The maximum Gasteiger partial charge on any atom is 1.00 e. The molecule has 6 unspecified atom stereocenters. The maximum absolute atomic E-state index is 13.9. The number of aliphatic hydroxyl groups excluding tert-OH is 2. The second kappa shape index (κ2) is 77.1. The number of carbonyl (C=O) groups is 6. The Kier molecular flexibility index (Phi) is 77.3. The van der Waals surface area contributed by atoms with E-state index in [0.717, 1.165) is 167 Å². The number of aliphatic hydroxyl groups is 2. The number of hydrogen-bond acceptors (Lipinski definition) is 20. The maximum atomic E-state index is 13.9. The number of carbonyl (C=O) groups excluding carboxylic acids is 6. The first-order chi connectivity index (χ1) is 54.4. The van der Waals surface area contributed by atoms with Crippen LogP contribution in [0.5, 0.6) is 0 Å². The molecule has 666 valence electrons. The van der Waals surface area contributed by atoms with Crippen molar-refractivity contribution in [3.05, 3.63) is 24.3 Å². The second-order valence-corrected chi connectivity index (χ2v) is 34.0. The van der Waals surface area contributed by atoms with Crippen LogP contribution in [-0.2, 0) is 84.4 Å². The Bertz CT molecular complexity index is 2580. The fourth-order valence-electron chi connectivity index (χ4n) is 13.0. The van der Waals surface area contributed by atoms with Gasteiger partial charge < -0.3 is 72.5 Å². The summed E-state index contributed by atoms with van der Waals surface area (Å²) in [5.74, 6) is -4.90. The number of ether oxygens (including phenoxy) is 6. The van der Waals surface area contributed by atoms with Crippen molar-refractivity contribution < 1.29 is 166 Å². The van der Waals surface area contributed by atoms with Gasteiger partial charge in [-0.3, -0.25) is 46.9 Å². The van der Waals surface area contributed by atoms with Crippen LogP contribution in [0.2, 0.25) is 0 Å². The molecule has 0 bridgehead atoms. The molecular weight excluding hydrogens is 1540 g/mol.